The van der Waals surface area contributed by atoms with Crippen LogP contribution in [0.15, 0.2) is 78.2 Å². The summed E-state index contributed by atoms with van der Waals surface area (Å²) in [5.74, 6) is -0.470. The number of thiazole rings is 1. The van der Waals surface area contributed by atoms with Crippen molar-refractivity contribution < 1.29 is 18.7 Å². The van der Waals surface area contributed by atoms with E-state index < -0.39 is 5.82 Å². The standard InChI is InChI=1S/C26H19FN2O3S/c27-20-9-6-18(7-10-20)23(30)14-29-22-13-19(8-11-24(22)32-15-26(29)31)21-16-33-25(28-21)12-17-4-2-1-3-5-17/h1-11,13,16H,12,14-15H2. The summed E-state index contributed by atoms with van der Waals surface area (Å²) in [5, 5.41) is 2.98. The van der Waals surface area contributed by atoms with Gasteiger partial charge in [0.2, 0.25) is 0 Å². The number of halogens is 1. The number of amides is 1. The number of nitrogens with zero attached hydrogens (tertiary/aromatic N) is 2. The summed E-state index contributed by atoms with van der Waals surface area (Å²) in [7, 11) is 0. The molecular formula is C26H19FN2O3S. The molecule has 3 aromatic carbocycles. The summed E-state index contributed by atoms with van der Waals surface area (Å²) in [5.41, 5.74) is 3.70. The molecule has 0 radical (unpaired) electrons. The molecule has 1 aliphatic rings. The third-order valence-electron chi connectivity index (χ3n) is 5.42. The molecule has 0 spiro atoms. The van der Waals surface area contributed by atoms with Crippen LogP contribution >= 0.6 is 11.3 Å². The Balaban J connectivity index is 1.41. The van der Waals surface area contributed by atoms with Gasteiger partial charge in [-0.3, -0.25) is 14.5 Å². The van der Waals surface area contributed by atoms with Gasteiger partial charge in [-0.15, -0.1) is 11.3 Å². The Morgan fingerprint density at radius 3 is 2.64 bits per heavy atom. The van der Waals surface area contributed by atoms with Gasteiger partial charge in [0.1, 0.15) is 11.6 Å². The zero-order chi connectivity index (χ0) is 22.8. The predicted octanol–water partition coefficient (Wildman–Crippen LogP) is 5.15. The topological polar surface area (TPSA) is 59.5 Å². The summed E-state index contributed by atoms with van der Waals surface area (Å²) in [6.07, 6.45) is 0.746. The number of fused-ring (bicyclic) bond motifs is 1. The number of carbonyl (C=O) groups excluding carboxylic acids is 2. The summed E-state index contributed by atoms with van der Waals surface area (Å²) in [6, 6.07) is 21.0. The van der Waals surface area contributed by atoms with Crippen molar-refractivity contribution >= 4 is 28.7 Å². The van der Waals surface area contributed by atoms with Crippen molar-refractivity contribution in [1.82, 2.24) is 4.98 Å². The maximum Gasteiger partial charge on any atom is 0.265 e. The fraction of sp³-hybridized carbons (Fsp3) is 0.115. The molecule has 0 fully saturated rings. The number of Topliss-reactive ketones (excluding diaryl/α,β-unsaturated/α-hetero) is 1. The minimum atomic E-state index is -0.418. The first-order valence-corrected chi connectivity index (χ1v) is 11.3. The normalized spacial score (nSPS) is 12.9. The van der Waals surface area contributed by atoms with Gasteiger partial charge in [0.25, 0.3) is 5.91 Å². The largest absolute Gasteiger partial charge is 0.482 e. The van der Waals surface area contributed by atoms with Gasteiger partial charge >= 0.3 is 0 Å². The number of carbonyl (C=O) groups is 2. The molecule has 0 saturated heterocycles. The summed E-state index contributed by atoms with van der Waals surface area (Å²) < 4.78 is 18.8. The highest BCUT2D eigenvalue weighted by molar-refractivity contribution is 7.10. The van der Waals surface area contributed by atoms with Crippen LogP contribution in [-0.2, 0) is 11.2 Å². The molecule has 5 nitrogen and oxygen atoms in total. The van der Waals surface area contributed by atoms with Crippen molar-refractivity contribution in [3.8, 4) is 17.0 Å². The second-order valence-electron chi connectivity index (χ2n) is 7.67. The first-order valence-electron chi connectivity index (χ1n) is 10.4. The van der Waals surface area contributed by atoms with Gasteiger partial charge in [0.05, 0.1) is 22.9 Å². The van der Waals surface area contributed by atoms with Crippen molar-refractivity contribution in [3.05, 3.63) is 100 Å². The van der Waals surface area contributed by atoms with Crippen molar-refractivity contribution in [2.24, 2.45) is 0 Å². The first kappa shape index (κ1) is 21.0. The lowest BCUT2D eigenvalue weighted by Crippen LogP contribution is -2.42. The Bertz CT molecular complexity index is 1320. The summed E-state index contributed by atoms with van der Waals surface area (Å²) in [6.45, 7) is -0.290. The molecule has 4 aromatic rings. The van der Waals surface area contributed by atoms with Crippen molar-refractivity contribution in [1.29, 1.82) is 0 Å². The molecule has 0 unspecified atom stereocenters. The molecule has 0 bridgehead atoms. The molecule has 5 rings (SSSR count). The number of ketones is 1. The van der Waals surface area contributed by atoms with Gasteiger partial charge in [-0.1, -0.05) is 30.3 Å². The average molecular weight is 459 g/mol. The monoisotopic (exact) mass is 458 g/mol. The third kappa shape index (κ3) is 4.54. The van der Waals surface area contributed by atoms with E-state index in [4.69, 9.17) is 9.72 Å². The molecule has 0 saturated carbocycles. The fourth-order valence-electron chi connectivity index (χ4n) is 3.70. The van der Waals surface area contributed by atoms with Gasteiger partial charge in [-0.25, -0.2) is 9.37 Å². The lowest BCUT2D eigenvalue weighted by molar-refractivity contribution is -0.121. The molecule has 33 heavy (non-hydrogen) atoms. The van der Waals surface area contributed by atoms with E-state index in [0.717, 1.165) is 22.7 Å². The Hall–Kier alpha value is -3.84. The van der Waals surface area contributed by atoms with Gasteiger partial charge in [0.15, 0.2) is 12.4 Å². The molecule has 0 atom stereocenters. The number of hydrogen-bond acceptors (Lipinski definition) is 5. The van der Waals surface area contributed by atoms with E-state index in [1.807, 2.05) is 35.7 Å². The molecule has 2 heterocycles. The van der Waals surface area contributed by atoms with Gasteiger partial charge in [-0.05, 0) is 48.0 Å². The quantitative estimate of drug-likeness (QED) is 0.375. The summed E-state index contributed by atoms with van der Waals surface area (Å²) >= 11 is 1.58. The maximum absolute atomic E-state index is 13.2. The first-order chi connectivity index (χ1) is 16.1. The predicted molar refractivity (Wildman–Crippen MR) is 125 cm³/mol. The third-order valence-corrected chi connectivity index (χ3v) is 6.26. The molecule has 1 aromatic heterocycles. The van der Waals surface area contributed by atoms with Gasteiger partial charge in [-0.2, -0.15) is 0 Å². The highest BCUT2D eigenvalue weighted by Crippen LogP contribution is 2.36. The molecule has 1 amide bonds. The van der Waals surface area contributed by atoms with Crippen LogP contribution in [0.25, 0.3) is 11.3 Å². The van der Waals surface area contributed by atoms with Crippen LogP contribution in [0, 0.1) is 5.82 Å². The minimum absolute atomic E-state index is 0.138. The number of ether oxygens (including phenoxy) is 1. The zero-order valence-electron chi connectivity index (χ0n) is 17.5. The molecular weight excluding hydrogens is 439 g/mol. The fourth-order valence-corrected chi connectivity index (χ4v) is 4.54. The lowest BCUT2D eigenvalue weighted by atomic mass is 10.1. The van der Waals surface area contributed by atoms with Crippen LogP contribution in [0.3, 0.4) is 0 Å². The van der Waals surface area contributed by atoms with Crippen LogP contribution in [0.1, 0.15) is 20.9 Å². The van der Waals surface area contributed by atoms with Crippen LogP contribution in [0.5, 0.6) is 5.75 Å². The van der Waals surface area contributed by atoms with E-state index in [1.54, 1.807) is 17.4 Å². The second-order valence-corrected chi connectivity index (χ2v) is 8.61. The average Bonchev–Trinajstić information content (AvgIpc) is 3.30. The van der Waals surface area contributed by atoms with Gasteiger partial charge in [0, 0.05) is 22.9 Å². The molecule has 1 aliphatic heterocycles. The Kier molecular flexibility index (Phi) is 5.71. The Morgan fingerprint density at radius 2 is 1.85 bits per heavy atom. The highest BCUT2D eigenvalue weighted by atomic mass is 32.1. The van der Waals surface area contributed by atoms with E-state index in [-0.39, 0.29) is 24.8 Å². The minimum Gasteiger partial charge on any atom is -0.482 e. The smallest absolute Gasteiger partial charge is 0.265 e. The number of aromatic nitrogens is 1. The number of anilines is 1. The van der Waals surface area contributed by atoms with Gasteiger partial charge < -0.3 is 4.74 Å². The number of rotatable bonds is 6. The Morgan fingerprint density at radius 1 is 1.06 bits per heavy atom. The van der Waals surface area contributed by atoms with E-state index >= 15 is 0 Å². The molecule has 0 N–H and O–H groups in total. The van der Waals surface area contributed by atoms with Crippen LogP contribution in [-0.4, -0.2) is 29.8 Å². The van der Waals surface area contributed by atoms with E-state index in [0.29, 0.717) is 17.0 Å². The van der Waals surface area contributed by atoms with Crippen molar-refractivity contribution in [2.45, 2.75) is 6.42 Å². The number of hydrogen-bond donors (Lipinski definition) is 0. The van der Waals surface area contributed by atoms with Crippen LogP contribution in [0.4, 0.5) is 10.1 Å². The Labute approximate surface area is 194 Å². The maximum atomic E-state index is 13.2. The van der Waals surface area contributed by atoms with E-state index in [1.165, 1.54) is 34.7 Å². The molecule has 164 valence electrons. The van der Waals surface area contributed by atoms with E-state index in [9.17, 15) is 14.0 Å². The molecule has 0 aliphatic carbocycles. The molecule has 7 heteroatoms. The summed E-state index contributed by atoms with van der Waals surface area (Å²) in [4.78, 5) is 31.5. The van der Waals surface area contributed by atoms with Crippen LogP contribution < -0.4 is 9.64 Å². The SMILES string of the molecule is O=C(CN1C(=O)COc2ccc(-c3csc(Cc4ccccc4)n3)cc21)c1ccc(F)cc1. The van der Waals surface area contributed by atoms with Crippen LogP contribution in [0.2, 0.25) is 0 Å². The van der Waals surface area contributed by atoms with Crippen molar-refractivity contribution in [3.63, 3.8) is 0 Å². The number of benzene rings is 3. The van der Waals surface area contributed by atoms with E-state index in [2.05, 4.69) is 12.1 Å². The highest BCUT2D eigenvalue weighted by Gasteiger charge is 2.28. The second kappa shape index (κ2) is 8.96. The lowest BCUT2D eigenvalue weighted by Gasteiger charge is -2.29. The zero-order valence-corrected chi connectivity index (χ0v) is 18.3. The van der Waals surface area contributed by atoms with Crippen molar-refractivity contribution in [2.75, 3.05) is 18.1 Å².